The van der Waals surface area contributed by atoms with Crippen LogP contribution in [0.4, 0.5) is 0 Å². The van der Waals surface area contributed by atoms with E-state index in [1.54, 1.807) is 6.20 Å². The Hall–Kier alpha value is -3.07. The van der Waals surface area contributed by atoms with Gasteiger partial charge in [-0.2, -0.15) is 5.26 Å². The van der Waals surface area contributed by atoms with Crippen LogP contribution in [0.1, 0.15) is 12.0 Å². The number of hydrogen-bond donors (Lipinski definition) is 0. The third kappa shape index (κ3) is 4.48. The van der Waals surface area contributed by atoms with Crippen molar-refractivity contribution in [1.82, 2.24) is 4.90 Å². The van der Waals surface area contributed by atoms with E-state index in [1.165, 1.54) is 14.2 Å². The van der Waals surface area contributed by atoms with Crippen LogP contribution in [-0.4, -0.2) is 31.1 Å². The fourth-order valence-corrected chi connectivity index (χ4v) is 2.79. The third-order valence-electron chi connectivity index (χ3n) is 4.04. The molecule has 0 spiro atoms. The Balaban J connectivity index is 2.30. The van der Waals surface area contributed by atoms with E-state index in [4.69, 9.17) is 9.47 Å². The number of rotatable bonds is 5. The quantitative estimate of drug-likeness (QED) is 0.605. The largest absolute Gasteiger partial charge is 0.468 e. The molecule has 1 aliphatic rings. The number of carbonyl (C=O) groups excluding carboxylic acids is 2. The van der Waals surface area contributed by atoms with E-state index in [2.05, 4.69) is 6.07 Å². The second-order valence-electron chi connectivity index (χ2n) is 5.61. The van der Waals surface area contributed by atoms with Crippen molar-refractivity contribution in [3.8, 4) is 6.07 Å². The van der Waals surface area contributed by atoms with Crippen molar-refractivity contribution < 1.29 is 19.1 Å². The van der Waals surface area contributed by atoms with Crippen molar-refractivity contribution in [3.63, 3.8) is 0 Å². The molecular formula is C19H20N2O4. The summed E-state index contributed by atoms with van der Waals surface area (Å²) in [6, 6.07) is 11.9. The van der Waals surface area contributed by atoms with Crippen molar-refractivity contribution in [2.75, 3.05) is 14.2 Å². The van der Waals surface area contributed by atoms with E-state index < -0.39 is 23.8 Å². The summed E-state index contributed by atoms with van der Waals surface area (Å²) in [6.07, 6.45) is 5.71. The van der Waals surface area contributed by atoms with Gasteiger partial charge in [-0.25, -0.2) is 0 Å². The molecule has 0 fully saturated rings. The molecule has 0 saturated heterocycles. The van der Waals surface area contributed by atoms with Gasteiger partial charge in [-0.05, 0) is 18.2 Å². The lowest BCUT2D eigenvalue weighted by molar-refractivity contribution is -0.160. The molecule has 0 saturated carbocycles. The predicted molar refractivity (Wildman–Crippen MR) is 90.5 cm³/mol. The van der Waals surface area contributed by atoms with Gasteiger partial charge in [0.15, 0.2) is 5.92 Å². The summed E-state index contributed by atoms with van der Waals surface area (Å²) in [6.45, 7) is 0.580. The zero-order valence-electron chi connectivity index (χ0n) is 14.2. The van der Waals surface area contributed by atoms with Gasteiger partial charge in [-0.1, -0.05) is 36.4 Å². The molecule has 0 aliphatic carbocycles. The third-order valence-corrected chi connectivity index (χ3v) is 4.04. The van der Waals surface area contributed by atoms with Gasteiger partial charge in [-0.3, -0.25) is 9.59 Å². The van der Waals surface area contributed by atoms with Gasteiger partial charge in [-0.15, -0.1) is 0 Å². The number of methoxy groups -OCH3 is 2. The van der Waals surface area contributed by atoms with Gasteiger partial charge >= 0.3 is 11.9 Å². The summed E-state index contributed by atoms with van der Waals surface area (Å²) in [4.78, 5) is 26.0. The summed E-state index contributed by atoms with van der Waals surface area (Å²) in [5.74, 6) is -3.20. The van der Waals surface area contributed by atoms with Crippen LogP contribution >= 0.6 is 0 Å². The molecule has 1 aromatic carbocycles. The van der Waals surface area contributed by atoms with Gasteiger partial charge in [0.25, 0.3) is 0 Å². The van der Waals surface area contributed by atoms with Gasteiger partial charge in [0.2, 0.25) is 0 Å². The van der Waals surface area contributed by atoms with E-state index in [-0.39, 0.29) is 0 Å². The van der Waals surface area contributed by atoms with Crippen molar-refractivity contribution in [2.24, 2.45) is 11.8 Å². The second kappa shape index (κ2) is 8.69. The number of nitrogens with zero attached hydrogens (tertiary/aromatic N) is 2. The highest BCUT2D eigenvalue weighted by molar-refractivity contribution is 5.95. The molecule has 1 aromatic rings. The first-order valence-corrected chi connectivity index (χ1v) is 7.84. The van der Waals surface area contributed by atoms with Crippen LogP contribution in [-0.2, 0) is 25.6 Å². The van der Waals surface area contributed by atoms with Crippen LogP contribution in [0, 0.1) is 23.2 Å². The number of carbonyl (C=O) groups is 2. The Labute approximate surface area is 146 Å². The molecule has 6 nitrogen and oxygen atoms in total. The van der Waals surface area contributed by atoms with Gasteiger partial charge in [0.1, 0.15) is 0 Å². The fraction of sp³-hybridized carbons (Fsp3) is 0.316. The lowest BCUT2D eigenvalue weighted by Gasteiger charge is -2.21. The van der Waals surface area contributed by atoms with Crippen molar-refractivity contribution >= 4 is 11.9 Å². The maximum Gasteiger partial charge on any atom is 0.320 e. The summed E-state index contributed by atoms with van der Waals surface area (Å²) >= 11 is 0. The topological polar surface area (TPSA) is 79.6 Å². The highest BCUT2D eigenvalue weighted by Crippen LogP contribution is 2.30. The number of hydrogen-bond acceptors (Lipinski definition) is 6. The Kier molecular flexibility index (Phi) is 6.35. The minimum Gasteiger partial charge on any atom is -0.468 e. The maximum atomic E-state index is 12.1. The molecule has 0 bridgehead atoms. The number of esters is 2. The van der Waals surface area contributed by atoms with Crippen molar-refractivity contribution in [3.05, 3.63) is 59.9 Å². The van der Waals surface area contributed by atoms with Crippen molar-refractivity contribution in [2.45, 2.75) is 13.0 Å². The first-order chi connectivity index (χ1) is 12.1. The van der Waals surface area contributed by atoms with Crippen LogP contribution in [0.2, 0.25) is 0 Å². The smallest absolute Gasteiger partial charge is 0.320 e. The molecule has 0 unspecified atom stereocenters. The lowest BCUT2D eigenvalue weighted by atomic mass is 9.84. The van der Waals surface area contributed by atoms with E-state index >= 15 is 0 Å². The average Bonchev–Trinajstić information content (AvgIpc) is 2.84. The number of benzene rings is 1. The molecule has 0 aromatic heterocycles. The SMILES string of the molecule is COC(=O)C(C(=O)OC)[C@H]1CC=CN(Cc2ccccc2)C=C1C#N. The monoisotopic (exact) mass is 340 g/mol. The number of allylic oxidation sites excluding steroid dienone is 2. The van der Waals surface area contributed by atoms with E-state index in [1.807, 2.05) is 47.5 Å². The molecule has 2 rings (SSSR count). The van der Waals surface area contributed by atoms with E-state index in [0.717, 1.165) is 5.56 Å². The maximum absolute atomic E-state index is 12.1. The van der Waals surface area contributed by atoms with Gasteiger partial charge < -0.3 is 14.4 Å². The Morgan fingerprint density at radius 3 is 2.44 bits per heavy atom. The standard InChI is InChI=1S/C19H20N2O4/c1-24-18(22)17(19(23)25-2)16-9-6-10-21(13-15(16)11-20)12-14-7-4-3-5-8-14/h3-8,10,13,16-17H,9,12H2,1-2H3/t16-/m0/s1. The minimum atomic E-state index is -1.16. The summed E-state index contributed by atoms with van der Waals surface area (Å²) < 4.78 is 9.46. The first-order valence-electron chi connectivity index (χ1n) is 7.84. The Morgan fingerprint density at radius 1 is 1.24 bits per heavy atom. The zero-order valence-corrected chi connectivity index (χ0v) is 14.2. The summed E-state index contributed by atoms with van der Waals surface area (Å²) in [5.41, 5.74) is 1.42. The van der Waals surface area contributed by atoms with E-state index in [0.29, 0.717) is 18.5 Å². The molecule has 0 amide bonds. The molecule has 0 N–H and O–H groups in total. The van der Waals surface area contributed by atoms with Gasteiger partial charge in [0, 0.05) is 18.7 Å². The first kappa shape index (κ1) is 18.3. The van der Waals surface area contributed by atoms with Crippen LogP contribution in [0.25, 0.3) is 0 Å². The molecule has 130 valence electrons. The van der Waals surface area contributed by atoms with Crippen LogP contribution < -0.4 is 0 Å². The van der Waals surface area contributed by atoms with Crippen LogP contribution in [0.5, 0.6) is 0 Å². The van der Waals surface area contributed by atoms with Gasteiger partial charge in [0.05, 0.1) is 25.9 Å². The van der Waals surface area contributed by atoms with Crippen LogP contribution in [0.15, 0.2) is 54.4 Å². The van der Waals surface area contributed by atoms with E-state index in [9.17, 15) is 14.9 Å². The predicted octanol–water partition coefficient (Wildman–Crippen LogP) is 2.39. The average molecular weight is 340 g/mol. The molecule has 1 atom stereocenters. The lowest BCUT2D eigenvalue weighted by Crippen LogP contribution is -2.34. The Morgan fingerprint density at radius 2 is 1.88 bits per heavy atom. The van der Waals surface area contributed by atoms with Crippen molar-refractivity contribution in [1.29, 1.82) is 5.26 Å². The molecule has 1 heterocycles. The highest BCUT2D eigenvalue weighted by atomic mass is 16.5. The molecule has 0 radical (unpaired) electrons. The van der Waals surface area contributed by atoms with Crippen LogP contribution in [0.3, 0.4) is 0 Å². The fourth-order valence-electron chi connectivity index (χ4n) is 2.79. The second-order valence-corrected chi connectivity index (χ2v) is 5.61. The normalized spacial score (nSPS) is 16.6. The molecule has 25 heavy (non-hydrogen) atoms. The zero-order chi connectivity index (χ0) is 18.2. The molecular weight excluding hydrogens is 320 g/mol. The number of nitriles is 1. The summed E-state index contributed by atoms with van der Waals surface area (Å²) in [7, 11) is 2.42. The summed E-state index contributed by atoms with van der Waals surface area (Å²) in [5, 5.41) is 9.55. The molecule has 1 aliphatic heterocycles. The highest BCUT2D eigenvalue weighted by Gasteiger charge is 2.39. The molecule has 6 heteroatoms. The number of ether oxygens (including phenoxy) is 2. The Bertz CT molecular complexity index is 703. The minimum absolute atomic E-state index is 0.335.